The first-order valence-electron chi connectivity index (χ1n) is 6.13. The average molecular weight is 308 g/mol. The molecule has 1 amide bonds. The number of aromatic nitrogens is 2. The van der Waals surface area contributed by atoms with Gasteiger partial charge in [0.1, 0.15) is 0 Å². The Bertz CT molecular complexity index is 582. The van der Waals surface area contributed by atoms with E-state index in [9.17, 15) is 4.79 Å². The maximum Gasteiger partial charge on any atom is 0.233 e. The zero-order chi connectivity index (χ0) is 14.5. The first-order valence-corrected chi connectivity index (χ1v) is 7.83. The van der Waals surface area contributed by atoms with E-state index in [0.29, 0.717) is 16.0 Å². The molecule has 0 saturated heterocycles. The third-order valence-electron chi connectivity index (χ3n) is 2.66. The molecule has 20 heavy (non-hydrogen) atoms. The van der Waals surface area contributed by atoms with Crippen molar-refractivity contribution >= 4 is 34.1 Å². The van der Waals surface area contributed by atoms with E-state index >= 15 is 0 Å². The summed E-state index contributed by atoms with van der Waals surface area (Å²) in [6, 6.07) is 8.09. The van der Waals surface area contributed by atoms with Crippen LogP contribution in [0, 0.1) is 6.92 Å². The molecular formula is C13H16N4OS2. The molecule has 2 aromatic rings. The SMILES string of the molecule is Cc1ccc(CNC(=O)C(C)Sc2nnc(N)s2)cc1. The Kier molecular flexibility index (Phi) is 4.97. The number of carbonyl (C=O) groups excluding carboxylic acids is 1. The summed E-state index contributed by atoms with van der Waals surface area (Å²) in [6.45, 7) is 4.41. The summed E-state index contributed by atoms with van der Waals surface area (Å²) in [5.41, 5.74) is 7.80. The Morgan fingerprint density at radius 3 is 2.70 bits per heavy atom. The number of anilines is 1. The number of nitrogen functional groups attached to an aromatic ring is 1. The van der Waals surface area contributed by atoms with Gasteiger partial charge in [0, 0.05) is 6.54 Å². The summed E-state index contributed by atoms with van der Waals surface area (Å²) in [4.78, 5) is 12.0. The van der Waals surface area contributed by atoms with Crippen molar-refractivity contribution in [3.8, 4) is 0 Å². The molecule has 0 aliphatic carbocycles. The van der Waals surface area contributed by atoms with Crippen molar-refractivity contribution < 1.29 is 4.79 Å². The minimum absolute atomic E-state index is 0.0238. The first kappa shape index (κ1) is 14.8. The Balaban J connectivity index is 1.83. The lowest BCUT2D eigenvalue weighted by atomic mass is 10.1. The number of aryl methyl sites for hydroxylation is 1. The number of nitrogens with zero attached hydrogens (tertiary/aromatic N) is 2. The molecule has 0 aliphatic rings. The summed E-state index contributed by atoms with van der Waals surface area (Å²) in [5.74, 6) is -0.0238. The lowest BCUT2D eigenvalue weighted by molar-refractivity contribution is -0.120. The van der Waals surface area contributed by atoms with Crippen LogP contribution in [-0.2, 0) is 11.3 Å². The summed E-state index contributed by atoms with van der Waals surface area (Å²) in [7, 11) is 0. The van der Waals surface area contributed by atoms with Gasteiger partial charge in [0.2, 0.25) is 11.0 Å². The predicted octanol–water partition coefficient (Wildman–Crippen LogP) is 2.23. The fourth-order valence-corrected chi connectivity index (χ4v) is 3.32. The maximum absolute atomic E-state index is 12.0. The van der Waals surface area contributed by atoms with Gasteiger partial charge in [-0.05, 0) is 19.4 Å². The predicted molar refractivity (Wildman–Crippen MR) is 82.7 cm³/mol. The molecule has 7 heteroatoms. The third kappa shape index (κ3) is 4.21. The van der Waals surface area contributed by atoms with E-state index in [2.05, 4.69) is 15.5 Å². The van der Waals surface area contributed by atoms with Gasteiger partial charge in [0.05, 0.1) is 5.25 Å². The van der Waals surface area contributed by atoms with Crippen LogP contribution in [0.15, 0.2) is 28.6 Å². The second-order valence-corrected chi connectivity index (χ2v) is 6.97. The van der Waals surface area contributed by atoms with Gasteiger partial charge >= 0.3 is 0 Å². The molecule has 1 atom stereocenters. The molecule has 0 fully saturated rings. The Morgan fingerprint density at radius 1 is 1.40 bits per heavy atom. The van der Waals surface area contributed by atoms with Crippen molar-refractivity contribution in [2.75, 3.05) is 5.73 Å². The van der Waals surface area contributed by atoms with Crippen LogP contribution >= 0.6 is 23.1 Å². The van der Waals surface area contributed by atoms with Gasteiger partial charge in [-0.15, -0.1) is 10.2 Å². The number of nitrogens with two attached hydrogens (primary N) is 1. The number of amides is 1. The number of hydrogen-bond acceptors (Lipinski definition) is 6. The smallest absolute Gasteiger partial charge is 0.233 e. The summed E-state index contributed by atoms with van der Waals surface area (Å²) in [6.07, 6.45) is 0. The second kappa shape index (κ2) is 6.71. The molecule has 0 radical (unpaired) electrons. The van der Waals surface area contributed by atoms with Crippen LogP contribution in [0.25, 0.3) is 0 Å². The van der Waals surface area contributed by atoms with E-state index in [1.807, 2.05) is 38.1 Å². The minimum atomic E-state index is -0.229. The largest absolute Gasteiger partial charge is 0.374 e. The Hall–Kier alpha value is -1.60. The van der Waals surface area contributed by atoms with Crippen molar-refractivity contribution in [2.24, 2.45) is 0 Å². The van der Waals surface area contributed by atoms with E-state index in [1.54, 1.807) is 0 Å². The third-order valence-corrected chi connectivity index (χ3v) is 4.59. The number of carbonyl (C=O) groups is 1. The number of nitrogens with one attached hydrogen (secondary N) is 1. The first-order chi connectivity index (χ1) is 9.54. The number of thioether (sulfide) groups is 1. The summed E-state index contributed by atoms with van der Waals surface area (Å²) in [5, 5.41) is 10.7. The van der Waals surface area contributed by atoms with Crippen LogP contribution < -0.4 is 11.1 Å². The monoisotopic (exact) mass is 308 g/mol. The second-order valence-electron chi connectivity index (χ2n) is 4.37. The van der Waals surface area contributed by atoms with Gasteiger partial charge in [0.15, 0.2) is 4.34 Å². The molecule has 0 bridgehead atoms. The van der Waals surface area contributed by atoms with E-state index < -0.39 is 0 Å². The van der Waals surface area contributed by atoms with Crippen LogP contribution in [0.1, 0.15) is 18.1 Å². The van der Waals surface area contributed by atoms with Crippen LogP contribution in [0.5, 0.6) is 0 Å². The van der Waals surface area contributed by atoms with Crippen molar-refractivity contribution in [3.05, 3.63) is 35.4 Å². The zero-order valence-electron chi connectivity index (χ0n) is 11.3. The van der Waals surface area contributed by atoms with E-state index in [1.165, 1.54) is 28.7 Å². The lowest BCUT2D eigenvalue weighted by Gasteiger charge is -2.10. The molecule has 1 aromatic heterocycles. The number of hydrogen-bond donors (Lipinski definition) is 2. The van der Waals surface area contributed by atoms with Gasteiger partial charge in [-0.25, -0.2) is 0 Å². The normalized spacial score (nSPS) is 12.1. The van der Waals surface area contributed by atoms with Gasteiger partial charge in [-0.3, -0.25) is 4.79 Å². The van der Waals surface area contributed by atoms with Crippen LogP contribution in [0.4, 0.5) is 5.13 Å². The van der Waals surface area contributed by atoms with E-state index in [4.69, 9.17) is 5.73 Å². The molecule has 0 saturated carbocycles. The molecular weight excluding hydrogens is 292 g/mol. The highest BCUT2D eigenvalue weighted by Gasteiger charge is 2.16. The quantitative estimate of drug-likeness (QED) is 0.828. The van der Waals surface area contributed by atoms with Gasteiger partial charge in [0.25, 0.3) is 0 Å². The summed E-state index contributed by atoms with van der Waals surface area (Å²) < 4.78 is 0.709. The minimum Gasteiger partial charge on any atom is -0.374 e. The van der Waals surface area contributed by atoms with Crippen LogP contribution in [0.2, 0.25) is 0 Å². The fraction of sp³-hybridized carbons (Fsp3) is 0.308. The molecule has 1 aromatic carbocycles. The lowest BCUT2D eigenvalue weighted by Crippen LogP contribution is -2.30. The molecule has 2 rings (SSSR count). The van der Waals surface area contributed by atoms with Crippen LogP contribution in [-0.4, -0.2) is 21.4 Å². The van der Waals surface area contributed by atoms with Gasteiger partial charge in [-0.1, -0.05) is 52.9 Å². The molecule has 5 nitrogen and oxygen atoms in total. The maximum atomic E-state index is 12.0. The zero-order valence-corrected chi connectivity index (χ0v) is 12.9. The Labute approximate surface area is 126 Å². The van der Waals surface area contributed by atoms with Crippen LogP contribution in [0.3, 0.4) is 0 Å². The standard InChI is InChI=1S/C13H16N4OS2/c1-8-3-5-10(6-4-8)7-15-11(18)9(2)19-13-17-16-12(14)20-13/h3-6,9H,7H2,1-2H3,(H2,14,16)(H,15,18). The van der Waals surface area contributed by atoms with E-state index in [0.717, 1.165) is 5.56 Å². The molecule has 0 aliphatic heterocycles. The Morgan fingerprint density at radius 2 is 2.10 bits per heavy atom. The fourth-order valence-electron chi connectivity index (χ4n) is 1.51. The highest BCUT2D eigenvalue weighted by molar-refractivity contribution is 8.02. The van der Waals surface area contributed by atoms with Crippen molar-refractivity contribution in [3.63, 3.8) is 0 Å². The summed E-state index contributed by atoms with van der Waals surface area (Å²) >= 11 is 2.65. The average Bonchev–Trinajstić information content (AvgIpc) is 2.83. The highest BCUT2D eigenvalue weighted by atomic mass is 32.2. The topological polar surface area (TPSA) is 80.9 Å². The molecule has 1 heterocycles. The van der Waals surface area contributed by atoms with Gasteiger partial charge in [-0.2, -0.15) is 0 Å². The van der Waals surface area contributed by atoms with E-state index in [-0.39, 0.29) is 11.2 Å². The van der Waals surface area contributed by atoms with Gasteiger partial charge < -0.3 is 11.1 Å². The number of benzene rings is 1. The van der Waals surface area contributed by atoms with Crippen molar-refractivity contribution in [2.45, 2.75) is 30.0 Å². The molecule has 3 N–H and O–H groups in total. The molecule has 1 unspecified atom stereocenters. The number of rotatable bonds is 5. The molecule has 0 spiro atoms. The van der Waals surface area contributed by atoms with Crippen molar-refractivity contribution in [1.82, 2.24) is 15.5 Å². The molecule has 106 valence electrons. The highest BCUT2D eigenvalue weighted by Crippen LogP contribution is 2.27. The van der Waals surface area contributed by atoms with Crippen molar-refractivity contribution in [1.29, 1.82) is 0 Å².